The first kappa shape index (κ1) is 16.7. The van der Waals surface area contributed by atoms with Gasteiger partial charge in [-0.1, -0.05) is 12.1 Å². The lowest BCUT2D eigenvalue weighted by molar-refractivity contribution is -0.137. The molecular weight excluding hydrogens is 295 g/mol. The molecule has 0 heterocycles. The third-order valence-corrected chi connectivity index (χ3v) is 4.34. The Morgan fingerprint density at radius 1 is 1.35 bits per heavy atom. The largest absolute Gasteiger partial charge is 0.416 e. The average Bonchev–Trinajstić information content (AvgIpc) is 2.37. The van der Waals surface area contributed by atoms with E-state index in [2.05, 4.69) is 6.58 Å². The van der Waals surface area contributed by atoms with Crippen LogP contribution in [0.4, 0.5) is 13.2 Å². The molecule has 0 saturated carbocycles. The van der Waals surface area contributed by atoms with Crippen molar-refractivity contribution < 1.29 is 26.7 Å². The maximum atomic E-state index is 12.6. The van der Waals surface area contributed by atoms with Gasteiger partial charge in [0.1, 0.15) is 0 Å². The van der Waals surface area contributed by atoms with Crippen LogP contribution in [0.5, 0.6) is 0 Å². The Hall–Kier alpha value is -1.38. The Balaban J connectivity index is 3.23. The van der Waals surface area contributed by atoms with Crippen LogP contribution in [0.15, 0.2) is 41.8 Å². The number of alkyl halides is 3. The van der Waals surface area contributed by atoms with Crippen molar-refractivity contribution in [3.63, 3.8) is 0 Å². The highest BCUT2D eigenvalue weighted by atomic mass is 32.2. The van der Waals surface area contributed by atoms with Gasteiger partial charge in [0.25, 0.3) is 0 Å². The smallest absolute Gasteiger partial charge is 0.395 e. The van der Waals surface area contributed by atoms with Crippen molar-refractivity contribution in [1.82, 2.24) is 4.31 Å². The Morgan fingerprint density at radius 3 is 2.50 bits per heavy atom. The summed E-state index contributed by atoms with van der Waals surface area (Å²) in [5.41, 5.74) is -1.04. The number of sulfonamides is 1. The van der Waals surface area contributed by atoms with Crippen molar-refractivity contribution in [3.8, 4) is 0 Å². The molecule has 1 N–H and O–H groups in total. The molecule has 0 amide bonds. The lowest BCUT2D eigenvalue weighted by atomic mass is 10.2. The van der Waals surface area contributed by atoms with Crippen LogP contribution in [0.25, 0.3) is 0 Å². The van der Waals surface area contributed by atoms with Gasteiger partial charge in [0.2, 0.25) is 10.0 Å². The van der Waals surface area contributed by atoms with Crippen LogP contribution in [0.3, 0.4) is 0 Å². The monoisotopic (exact) mass is 309 g/mol. The van der Waals surface area contributed by atoms with Crippen molar-refractivity contribution in [1.29, 1.82) is 0 Å². The second-order valence-corrected chi connectivity index (χ2v) is 5.84. The molecule has 0 saturated heterocycles. The van der Waals surface area contributed by atoms with E-state index in [0.29, 0.717) is 6.07 Å². The van der Waals surface area contributed by atoms with Crippen molar-refractivity contribution >= 4 is 10.0 Å². The molecule has 8 heteroatoms. The fraction of sp³-hybridized carbons (Fsp3) is 0.333. The quantitative estimate of drug-likeness (QED) is 0.816. The van der Waals surface area contributed by atoms with E-state index in [-0.39, 0.29) is 13.1 Å². The van der Waals surface area contributed by atoms with Gasteiger partial charge in [-0.3, -0.25) is 0 Å². The number of hydrogen-bond acceptors (Lipinski definition) is 3. The Morgan fingerprint density at radius 2 is 2.00 bits per heavy atom. The lowest BCUT2D eigenvalue weighted by Crippen LogP contribution is -2.33. The summed E-state index contributed by atoms with van der Waals surface area (Å²) in [4.78, 5) is -0.470. The Bertz CT molecular complexity index is 570. The molecule has 20 heavy (non-hydrogen) atoms. The van der Waals surface area contributed by atoms with Crippen LogP contribution in [0, 0.1) is 0 Å². The summed E-state index contributed by atoms with van der Waals surface area (Å²) in [6.07, 6.45) is -3.33. The summed E-state index contributed by atoms with van der Waals surface area (Å²) < 4.78 is 63.0. The van der Waals surface area contributed by atoms with Gasteiger partial charge < -0.3 is 5.11 Å². The van der Waals surface area contributed by atoms with Gasteiger partial charge in [-0.2, -0.15) is 17.5 Å². The molecule has 0 aliphatic carbocycles. The minimum atomic E-state index is -4.62. The zero-order valence-corrected chi connectivity index (χ0v) is 11.3. The molecule has 4 nitrogen and oxygen atoms in total. The minimum Gasteiger partial charge on any atom is -0.395 e. The van der Waals surface area contributed by atoms with Gasteiger partial charge in [-0.15, -0.1) is 6.58 Å². The standard InChI is InChI=1S/C12H14F3NO3S/c1-2-6-16(7-8-17)20(18,19)11-5-3-4-10(9-11)12(13,14)15/h2-5,9,17H,1,6-8H2. The molecule has 1 aromatic carbocycles. The predicted molar refractivity (Wildman–Crippen MR) is 67.5 cm³/mol. The number of hydrogen-bond donors (Lipinski definition) is 1. The fourth-order valence-electron chi connectivity index (χ4n) is 1.55. The summed E-state index contributed by atoms with van der Waals surface area (Å²) in [6.45, 7) is 2.62. The summed E-state index contributed by atoms with van der Waals surface area (Å²) in [7, 11) is -4.11. The predicted octanol–water partition coefficient (Wildman–Crippen LogP) is 1.87. The summed E-state index contributed by atoms with van der Waals surface area (Å²) in [5, 5.41) is 8.84. The van der Waals surface area contributed by atoms with Crippen molar-refractivity contribution in [2.75, 3.05) is 19.7 Å². The normalized spacial score (nSPS) is 12.7. The third-order valence-electron chi connectivity index (χ3n) is 2.48. The number of nitrogens with zero attached hydrogens (tertiary/aromatic N) is 1. The molecule has 0 bridgehead atoms. The van der Waals surface area contributed by atoms with Gasteiger partial charge >= 0.3 is 6.18 Å². The second kappa shape index (κ2) is 6.38. The first-order chi connectivity index (χ1) is 9.23. The highest BCUT2D eigenvalue weighted by Crippen LogP contribution is 2.31. The Kier molecular flexibility index (Phi) is 5.32. The van der Waals surface area contributed by atoms with Crippen LogP contribution in [-0.2, 0) is 16.2 Å². The van der Waals surface area contributed by atoms with E-state index < -0.39 is 33.3 Å². The molecule has 0 atom stereocenters. The van der Waals surface area contributed by atoms with Gasteiger partial charge in [0, 0.05) is 13.1 Å². The van der Waals surface area contributed by atoms with E-state index in [1.165, 1.54) is 6.08 Å². The van der Waals surface area contributed by atoms with Crippen LogP contribution >= 0.6 is 0 Å². The van der Waals surface area contributed by atoms with Gasteiger partial charge in [-0.25, -0.2) is 8.42 Å². The zero-order chi connectivity index (χ0) is 15.4. The minimum absolute atomic E-state index is 0.0981. The molecule has 1 aromatic rings. The zero-order valence-electron chi connectivity index (χ0n) is 10.5. The second-order valence-electron chi connectivity index (χ2n) is 3.90. The summed E-state index contributed by atoms with van der Waals surface area (Å²) >= 11 is 0. The first-order valence-electron chi connectivity index (χ1n) is 5.62. The van der Waals surface area contributed by atoms with Crippen molar-refractivity contribution in [2.24, 2.45) is 0 Å². The highest BCUT2D eigenvalue weighted by Gasteiger charge is 2.32. The number of rotatable bonds is 6. The van der Waals surface area contributed by atoms with Crippen molar-refractivity contribution in [3.05, 3.63) is 42.5 Å². The topological polar surface area (TPSA) is 57.6 Å². The molecule has 1 rings (SSSR count). The maximum absolute atomic E-state index is 12.6. The molecule has 0 aliphatic rings. The number of benzene rings is 1. The van der Waals surface area contributed by atoms with E-state index in [1.54, 1.807) is 0 Å². The van der Waals surface area contributed by atoms with E-state index >= 15 is 0 Å². The van der Waals surface area contributed by atoms with E-state index in [1.807, 2.05) is 0 Å². The average molecular weight is 309 g/mol. The van der Waals surface area contributed by atoms with Gasteiger partial charge in [0.05, 0.1) is 17.1 Å². The number of aliphatic hydroxyl groups is 1. The molecule has 0 fully saturated rings. The molecule has 0 unspecified atom stereocenters. The van der Waals surface area contributed by atoms with Crippen LogP contribution in [0.1, 0.15) is 5.56 Å². The molecular formula is C12H14F3NO3S. The van der Waals surface area contributed by atoms with Gasteiger partial charge in [-0.05, 0) is 18.2 Å². The summed E-state index contributed by atoms with van der Waals surface area (Å²) in [5.74, 6) is 0. The number of aliphatic hydroxyl groups excluding tert-OH is 1. The molecule has 112 valence electrons. The fourth-order valence-corrected chi connectivity index (χ4v) is 3.00. The maximum Gasteiger partial charge on any atom is 0.416 e. The first-order valence-corrected chi connectivity index (χ1v) is 7.06. The van der Waals surface area contributed by atoms with Crippen LogP contribution < -0.4 is 0 Å². The molecule has 0 spiro atoms. The van der Waals surface area contributed by atoms with Crippen LogP contribution in [0.2, 0.25) is 0 Å². The van der Waals surface area contributed by atoms with Crippen molar-refractivity contribution in [2.45, 2.75) is 11.1 Å². The third kappa shape index (κ3) is 3.81. The van der Waals surface area contributed by atoms with Gasteiger partial charge in [0.15, 0.2) is 0 Å². The SMILES string of the molecule is C=CCN(CCO)S(=O)(=O)c1cccc(C(F)(F)F)c1. The summed E-state index contributed by atoms with van der Waals surface area (Å²) in [6, 6.07) is 3.48. The van der Waals surface area contributed by atoms with E-state index in [0.717, 1.165) is 22.5 Å². The lowest BCUT2D eigenvalue weighted by Gasteiger charge is -2.20. The van der Waals surface area contributed by atoms with Crippen LogP contribution in [-0.4, -0.2) is 37.5 Å². The molecule has 0 aliphatic heterocycles. The molecule has 0 radical (unpaired) electrons. The van der Waals surface area contributed by atoms with E-state index in [4.69, 9.17) is 5.11 Å². The number of halogens is 3. The highest BCUT2D eigenvalue weighted by molar-refractivity contribution is 7.89. The van der Waals surface area contributed by atoms with E-state index in [9.17, 15) is 21.6 Å². The Labute approximate surface area is 115 Å². The molecule has 0 aromatic heterocycles.